The summed E-state index contributed by atoms with van der Waals surface area (Å²) in [4.78, 5) is 1.75. The molecule has 1 rings (SSSR count). The first-order chi connectivity index (χ1) is 9.40. The van der Waals surface area contributed by atoms with E-state index in [2.05, 4.69) is 5.32 Å². The largest absolute Gasteiger partial charge is 0.416 e. The Morgan fingerprint density at radius 2 is 2.00 bits per heavy atom. The predicted octanol–water partition coefficient (Wildman–Crippen LogP) is 2.90. The van der Waals surface area contributed by atoms with E-state index in [1.165, 1.54) is 12.1 Å². The number of likely N-dealkylation sites (N-methyl/N-ethyl adjacent to an activating group) is 1. The predicted molar refractivity (Wildman–Crippen MR) is 74.0 cm³/mol. The van der Waals surface area contributed by atoms with Gasteiger partial charge in [-0.15, -0.1) is 0 Å². The molecule has 0 aliphatic carbocycles. The minimum absolute atomic E-state index is 0.216. The van der Waals surface area contributed by atoms with E-state index in [1.807, 2.05) is 6.92 Å². The molecule has 0 spiro atoms. The summed E-state index contributed by atoms with van der Waals surface area (Å²) in [6.45, 7) is 3.72. The molecule has 0 atom stereocenters. The van der Waals surface area contributed by atoms with E-state index in [-0.39, 0.29) is 12.1 Å². The molecule has 0 amide bonds. The van der Waals surface area contributed by atoms with Gasteiger partial charge in [-0.25, -0.2) is 0 Å². The van der Waals surface area contributed by atoms with E-state index < -0.39 is 11.7 Å². The highest BCUT2D eigenvalue weighted by molar-refractivity contribution is 5.51. The van der Waals surface area contributed by atoms with Gasteiger partial charge in [-0.1, -0.05) is 13.0 Å². The molecule has 0 radical (unpaired) electrons. The lowest BCUT2D eigenvalue weighted by atomic mass is 10.1. The minimum Gasteiger partial charge on any atom is -0.383 e. The van der Waals surface area contributed by atoms with Crippen LogP contribution in [0.5, 0.6) is 0 Å². The molecule has 6 heteroatoms. The third kappa shape index (κ3) is 4.68. The van der Waals surface area contributed by atoms with E-state index in [1.54, 1.807) is 25.1 Å². The maximum atomic E-state index is 13.1. The van der Waals surface area contributed by atoms with Crippen molar-refractivity contribution >= 4 is 5.69 Å². The van der Waals surface area contributed by atoms with Gasteiger partial charge in [0.25, 0.3) is 0 Å². The minimum atomic E-state index is -4.34. The second-order valence-electron chi connectivity index (χ2n) is 4.53. The van der Waals surface area contributed by atoms with E-state index >= 15 is 0 Å². The van der Waals surface area contributed by atoms with Crippen LogP contribution in [0.3, 0.4) is 0 Å². The average molecular weight is 290 g/mol. The molecule has 0 fully saturated rings. The van der Waals surface area contributed by atoms with Crippen molar-refractivity contribution < 1.29 is 17.9 Å². The van der Waals surface area contributed by atoms with Crippen LogP contribution in [0.4, 0.5) is 18.9 Å². The maximum Gasteiger partial charge on any atom is 0.416 e. The quantitative estimate of drug-likeness (QED) is 0.835. The number of halogens is 3. The fourth-order valence-corrected chi connectivity index (χ4v) is 1.84. The fourth-order valence-electron chi connectivity index (χ4n) is 1.84. The van der Waals surface area contributed by atoms with Crippen LogP contribution in [0.25, 0.3) is 0 Å². The highest BCUT2D eigenvalue weighted by atomic mass is 19.4. The first kappa shape index (κ1) is 16.8. The molecule has 0 aromatic heterocycles. The molecule has 0 aliphatic rings. The van der Waals surface area contributed by atoms with Crippen LogP contribution in [0.2, 0.25) is 0 Å². The lowest BCUT2D eigenvalue weighted by Gasteiger charge is -2.22. The summed E-state index contributed by atoms with van der Waals surface area (Å²) in [6.07, 6.45) is -4.34. The Kier molecular flexibility index (Phi) is 6.29. The summed E-state index contributed by atoms with van der Waals surface area (Å²) < 4.78 is 44.2. The molecule has 0 heterocycles. The molecular weight excluding hydrogens is 269 g/mol. The van der Waals surface area contributed by atoms with Crippen molar-refractivity contribution in [1.29, 1.82) is 0 Å². The van der Waals surface area contributed by atoms with Crippen molar-refractivity contribution in [2.45, 2.75) is 19.6 Å². The van der Waals surface area contributed by atoms with Crippen LogP contribution in [-0.2, 0) is 17.5 Å². The van der Waals surface area contributed by atoms with E-state index in [4.69, 9.17) is 4.74 Å². The fraction of sp³-hybridized carbons (Fsp3) is 0.571. The molecule has 0 bridgehead atoms. The Labute approximate surface area is 117 Å². The van der Waals surface area contributed by atoms with Crippen LogP contribution in [0, 0.1) is 0 Å². The molecule has 1 aromatic carbocycles. The van der Waals surface area contributed by atoms with Gasteiger partial charge in [0, 0.05) is 32.9 Å². The Morgan fingerprint density at radius 1 is 1.30 bits per heavy atom. The van der Waals surface area contributed by atoms with Gasteiger partial charge in [-0.2, -0.15) is 13.2 Å². The van der Waals surface area contributed by atoms with Crippen LogP contribution < -0.4 is 10.2 Å². The number of nitrogens with one attached hydrogen (secondary N) is 1. The van der Waals surface area contributed by atoms with Crippen molar-refractivity contribution in [3.05, 3.63) is 29.3 Å². The van der Waals surface area contributed by atoms with Gasteiger partial charge in [0.05, 0.1) is 12.2 Å². The molecule has 0 aliphatic heterocycles. The highest BCUT2D eigenvalue weighted by Crippen LogP contribution is 2.34. The highest BCUT2D eigenvalue weighted by Gasteiger charge is 2.33. The molecular formula is C14H21F3N2O. The number of ether oxygens (including phenoxy) is 1. The molecule has 1 aromatic rings. The number of hydrogen-bond donors (Lipinski definition) is 1. The van der Waals surface area contributed by atoms with Crippen molar-refractivity contribution in [1.82, 2.24) is 5.32 Å². The first-order valence-electron chi connectivity index (χ1n) is 6.51. The summed E-state index contributed by atoms with van der Waals surface area (Å²) in [6, 6.07) is 4.43. The monoisotopic (exact) mass is 290 g/mol. The molecule has 1 N–H and O–H groups in total. The number of nitrogens with zero attached hydrogens (tertiary/aromatic N) is 1. The van der Waals surface area contributed by atoms with Gasteiger partial charge >= 0.3 is 6.18 Å². The zero-order valence-electron chi connectivity index (χ0n) is 12.0. The summed E-state index contributed by atoms with van der Waals surface area (Å²) >= 11 is 0. The van der Waals surface area contributed by atoms with Crippen molar-refractivity contribution in [3.8, 4) is 0 Å². The van der Waals surface area contributed by atoms with Crippen molar-refractivity contribution in [2.24, 2.45) is 0 Å². The summed E-state index contributed by atoms with van der Waals surface area (Å²) in [5, 5.41) is 2.93. The summed E-state index contributed by atoms with van der Waals surface area (Å²) in [7, 11) is 3.31. The smallest absolute Gasteiger partial charge is 0.383 e. The first-order valence-corrected chi connectivity index (χ1v) is 6.51. The zero-order valence-corrected chi connectivity index (χ0v) is 12.0. The number of methoxy groups -OCH3 is 1. The molecule has 0 saturated carbocycles. The number of alkyl halides is 3. The van der Waals surface area contributed by atoms with Gasteiger partial charge in [0.15, 0.2) is 0 Å². The third-order valence-corrected chi connectivity index (χ3v) is 3.04. The Hall–Kier alpha value is -1.27. The SMILES string of the molecule is CCNCc1ccc(N(C)CCOC)cc1C(F)(F)F. The van der Waals surface area contributed by atoms with Gasteiger partial charge in [-0.3, -0.25) is 0 Å². The second-order valence-corrected chi connectivity index (χ2v) is 4.53. The number of anilines is 1. The van der Waals surface area contributed by atoms with Crippen LogP contribution in [-0.4, -0.2) is 33.9 Å². The van der Waals surface area contributed by atoms with Crippen molar-refractivity contribution in [2.75, 3.05) is 38.8 Å². The molecule has 0 unspecified atom stereocenters. The van der Waals surface area contributed by atoms with Gasteiger partial charge in [0.2, 0.25) is 0 Å². The maximum absolute atomic E-state index is 13.1. The zero-order chi connectivity index (χ0) is 15.2. The van der Waals surface area contributed by atoms with E-state index in [9.17, 15) is 13.2 Å². The Bertz CT molecular complexity index is 421. The van der Waals surface area contributed by atoms with Crippen molar-refractivity contribution in [3.63, 3.8) is 0 Å². The molecule has 3 nitrogen and oxygen atoms in total. The number of benzene rings is 1. The van der Waals surface area contributed by atoms with Gasteiger partial charge in [0.1, 0.15) is 0 Å². The lowest BCUT2D eigenvalue weighted by Crippen LogP contribution is -2.23. The number of rotatable bonds is 7. The lowest BCUT2D eigenvalue weighted by molar-refractivity contribution is -0.138. The van der Waals surface area contributed by atoms with Gasteiger partial charge in [-0.05, 0) is 24.2 Å². The van der Waals surface area contributed by atoms with Gasteiger partial charge < -0.3 is 15.0 Å². The molecule has 0 saturated heterocycles. The second kappa shape index (κ2) is 7.50. The summed E-state index contributed by atoms with van der Waals surface area (Å²) in [5.41, 5.74) is 0.220. The number of hydrogen-bond acceptors (Lipinski definition) is 3. The average Bonchev–Trinajstić information content (AvgIpc) is 2.41. The van der Waals surface area contributed by atoms with Crippen LogP contribution in [0.1, 0.15) is 18.1 Å². The summed E-state index contributed by atoms with van der Waals surface area (Å²) in [5.74, 6) is 0. The van der Waals surface area contributed by atoms with Crippen LogP contribution >= 0.6 is 0 Å². The van der Waals surface area contributed by atoms with Crippen LogP contribution in [0.15, 0.2) is 18.2 Å². The topological polar surface area (TPSA) is 24.5 Å². The van der Waals surface area contributed by atoms with E-state index in [0.717, 1.165) is 0 Å². The Balaban J connectivity index is 3.01. The molecule has 20 heavy (non-hydrogen) atoms. The molecule has 114 valence electrons. The normalized spacial score (nSPS) is 11.7. The Morgan fingerprint density at radius 3 is 2.55 bits per heavy atom. The third-order valence-electron chi connectivity index (χ3n) is 3.04. The van der Waals surface area contributed by atoms with E-state index in [0.29, 0.717) is 25.4 Å². The standard InChI is InChI=1S/C14H21F3N2O/c1-4-18-10-11-5-6-12(19(2)7-8-20-3)9-13(11)14(15,16)17/h5-6,9,18H,4,7-8,10H2,1-3H3.